The lowest BCUT2D eigenvalue weighted by molar-refractivity contribution is 0.595. The molecule has 0 heterocycles. The molecule has 3 nitrogen and oxygen atoms in total. The summed E-state index contributed by atoms with van der Waals surface area (Å²) in [6.07, 6.45) is 0. The quantitative estimate of drug-likeness (QED) is 0.864. The number of rotatable bonds is 3. The Hall–Kier alpha value is -1.81. The van der Waals surface area contributed by atoms with Gasteiger partial charge < -0.3 is 5.73 Å². The van der Waals surface area contributed by atoms with E-state index in [4.69, 9.17) is 5.73 Å². The van der Waals surface area contributed by atoms with Gasteiger partial charge in [-0.2, -0.15) is 0 Å². The average Bonchev–Trinajstić information content (AvgIpc) is 2.32. The standard InChI is InChI=1S/C14H15NO2S/c1-11-6-2-3-7-12(11)10-18(16,17)14-9-5-4-8-13(14)15/h2-9H,10,15H2,1H3. The second kappa shape index (κ2) is 4.82. The van der Waals surface area contributed by atoms with E-state index in [1.165, 1.54) is 0 Å². The fourth-order valence-corrected chi connectivity index (χ4v) is 3.42. The number of anilines is 1. The van der Waals surface area contributed by atoms with E-state index in [0.29, 0.717) is 5.69 Å². The topological polar surface area (TPSA) is 60.2 Å². The average molecular weight is 261 g/mol. The highest BCUT2D eigenvalue weighted by Crippen LogP contribution is 2.23. The molecule has 0 fully saturated rings. The molecule has 0 aliphatic carbocycles. The molecule has 0 amide bonds. The van der Waals surface area contributed by atoms with Crippen LogP contribution in [0.5, 0.6) is 0 Å². The summed E-state index contributed by atoms with van der Waals surface area (Å²) in [5.41, 5.74) is 7.79. The zero-order chi connectivity index (χ0) is 13.2. The third kappa shape index (κ3) is 2.54. The van der Waals surface area contributed by atoms with Gasteiger partial charge in [0.05, 0.1) is 16.3 Å². The number of hydrogen-bond acceptors (Lipinski definition) is 3. The Bertz CT molecular complexity index is 663. The molecule has 0 bridgehead atoms. The smallest absolute Gasteiger partial charge is 0.184 e. The van der Waals surface area contributed by atoms with Crippen molar-refractivity contribution < 1.29 is 8.42 Å². The Labute approximate surface area is 107 Å². The molecule has 0 saturated heterocycles. The van der Waals surface area contributed by atoms with Crippen LogP contribution < -0.4 is 5.73 Å². The molecule has 0 aliphatic heterocycles. The van der Waals surface area contributed by atoms with Gasteiger partial charge in [-0.1, -0.05) is 36.4 Å². The molecule has 4 heteroatoms. The molecule has 2 N–H and O–H groups in total. The van der Waals surface area contributed by atoms with Crippen LogP contribution in [0, 0.1) is 6.92 Å². The molecule has 0 aliphatic rings. The predicted molar refractivity (Wildman–Crippen MR) is 72.9 cm³/mol. The van der Waals surface area contributed by atoms with E-state index < -0.39 is 9.84 Å². The first kappa shape index (κ1) is 12.6. The molecule has 2 rings (SSSR count). The minimum atomic E-state index is -3.39. The highest BCUT2D eigenvalue weighted by atomic mass is 32.2. The van der Waals surface area contributed by atoms with Crippen molar-refractivity contribution in [2.45, 2.75) is 17.6 Å². The summed E-state index contributed by atoms with van der Waals surface area (Å²) in [5, 5.41) is 0. The van der Waals surface area contributed by atoms with Crippen LogP contribution in [0.4, 0.5) is 5.69 Å². The Kier molecular flexibility index (Phi) is 3.39. The minimum absolute atomic E-state index is 0.0200. The number of sulfone groups is 1. The van der Waals surface area contributed by atoms with Crippen LogP contribution in [0.1, 0.15) is 11.1 Å². The molecule has 2 aromatic carbocycles. The number of nitrogen functional groups attached to an aromatic ring is 1. The number of benzene rings is 2. The van der Waals surface area contributed by atoms with E-state index in [1.54, 1.807) is 24.3 Å². The zero-order valence-corrected chi connectivity index (χ0v) is 10.9. The molecule has 18 heavy (non-hydrogen) atoms. The first-order chi connectivity index (χ1) is 8.50. The van der Waals surface area contributed by atoms with Gasteiger partial charge in [-0.15, -0.1) is 0 Å². The maximum absolute atomic E-state index is 12.3. The van der Waals surface area contributed by atoms with Gasteiger partial charge in [0, 0.05) is 0 Å². The van der Waals surface area contributed by atoms with Gasteiger partial charge >= 0.3 is 0 Å². The van der Waals surface area contributed by atoms with Crippen molar-refractivity contribution in [3.63, 3.8) is 0 Å². The van der Waals surface area contributed by atoms with Gasteiger partial charge in [0.1, 0.15) is 0 Å². The second-order valence-corrected chi connectivity index (χ2v) is 6.18. The fraction of sp³-hybridized carbons (Fsp3) is 0.143. The maximum Gasteiger partial charge on any atom is 0.184 e. The van der Waals surface area contributed by atoms with Crippen molar-refractivity contribution in [1.29, 1.82) is 0 Å². The molecule has 0 aromatic heterocycles. The van der Waals surface area contributed by atoms with Crippen LogP contribution in [-0.4, -0.2) is 8.42 Å². The summed E-state index contributed by atoms with van der Waals surface area (Å²) in [6, 6.07) is 14.0. The molecule has 0 spiro atoms. The first-order valence-corrected chi connectivity index (χ1v) is 7.28. The minimum Gasteiger partial charge on any atom is -0.398 e. The van der Waals surface area contributed by atoms with Crippen LogP contribution in [0.2, 0.25) is 0 Å². The van der Waals surface area contributed by atoms with Crippen molar-refractivity contribution in [2.75, 3.05) is 5.73 Å². The SMILES string of the molecule is Cc1ccccc1CS(=O)(=O)c1ccccc1N. The van der Waals surface area contributed by atoms with Crippen molar-refractivity contribution in [3.8, 4) is 0 Å². The fourth-order valence-electron chi connectivity index (χ4n) is 1.82. The number of nitrogens with two attached hydrogens (primary N) is 1. The van der Waals surface area contributed by atoms with Crippen molar-refractivity contribution in [3.05, 3.63) is 59.7 Å². The highest BCUT2D eigenvalue weighted by molar-refractivity contribution is 7.90. The van der Waals surface area contributed by atoms with Gasteiger partial charge in [-0.3, -0.25) is 0 Å². The predicted octanol–water partition coefficient (Wildman–Crippen LogP) is 2.55. The van der Waals surface area contributed by atoms with Crippen LogP contribution in [0.3, 0.4) is 0 Å². The van der Waals surface area contributed by atoms with Crippen LogP contribution in [-0.2, 0) is 15.6 Å². The van der Waals surface area contributed by atoms with E-state index in [2.05, 4.69) is 0 Å². The van der Waals surface area contributed by atoms with E-state index in [1.807, 2.05) is 31.2 Å². The van der Waals surface area contributed by atoms with Crippen molar-refractivity contribution in [1.82, 2.24) is 0 Å². The maximum atomic E-state index is 12.3. The van der Waals surface area contributed by atoms with E-state index >= 15 is 0 Å². The van der Waals surface area contributed by atoms with Crippen LogP contribution >= 0.6 is 0 Å². The van der Waals surface area contributed by atoms with Gasteiger partial charge in [0.2, 0.25) is 0 Å². The third-order valence-corrected chi connectivity index (χ3v) is 4.59. The highest BCUT2D eigenvalue weighted by Gasteiger charge is 2.18. The van der Waals surface area contributed by atoms with E-state index in [-0.39, 0.29) is 10.6 Å². The summed E-state index contributed by atoms with van der Waals surface area (Å²) < 4.78 is 24.6. The van der Waals surface area contributed by atoms with Crippen LogP contribution in [0.15, 0.2) is 53.4 Å². The number of hydrogen-bond donors (Lipinski definition) is 1. The van der Waals surface area contributed by atoms with Crippen molar-refractivity contribution >= 4 is 15.5 Å². The van der Waals surface area contributed by atoms with E-state index in [9.17, 15) is 8.42 Å². The molecule has 0 saturated carbocycles. The molecule has 2 aromatic rings. The summed E-state index contributed by atoms with van der Waals surface area (Å²) in [4.78, 5) is 0.202. The molecular weight excluding hydrogens is 246 g/mol. The van der Waals surface area contributed by atoms with Gasteiger partial charge in [-0.25, -0.2) is 8.42 Å². The zero-order valence-electron chi connectivity index (χ0n) is 10.1. The third-order valence-electron chi connectivity index (χ3n) is 2.86. The lowest BCUT2D eigenvalue weighted by Crippen LogP contribution is -2.08. The van der Waals surface area contributed by atoms with Gasteiger partial charge in [-0.05, 0) is 30.2 Å². The molecule has 0 atom stereocenters. The van der Waals surface area contributed by atoms with Crippen molar-refractivity contribution in [2.24, 2.45) is 0 Å². The summed E-state index contributed by atoms with van der Waals surface area (Å²) in [6.45, 7) is 1.90. The second-order valence-electron chi connectivity index (χ2n) is 4.22. The Balaban J connectivity index is 2.40. The lowest BCUT2D eigenvalue weighted by Gasteiger charge is -2.09. The Morgan fingerprint density at radius 1 is 1.00 bits per heavy atom. The van der Waals surface area contributed by atoms with Crippen LogP contribution in [0.25, 0.3) is 0 Å². The van der Waals surface area contributed by atoms with Gasteiger partial charge in [0.15, 0.2) is 9.84 Å². The Morgan fingerprint density at radius 2 is 1.61 bits per heavy atom. The molecule has 0 radical (unpaired) electrons. The summed E-state index contributed by atoms with van der Waals surface area (Å²) in [7, 11) is -3.39. The summed E-state index contributed by atoms with van der Waals surface area (Å²) >= 11 is 0. The van der Waals surface area contributed by atoms with Gasteiger partial charge in [0.25, 0.3) is 0 Å². The monoisotopic (exact) mass is 261 g/mol. The molecule has 0 unspecified atom stereocenters. The Morgan fingerprint density at radius 3 is 2.28 bits per heavy atom. The normalized spacial score (nSPS) is 11.4. The summed E-state index contributed by atoms with van der Waals surface area (Å²) in [5.74, 6) is -0.0200. The molecular formula is C14H15NO2S. The van der Waals surface area contributed by atoms with E-state index in [0.717, 1.165) is 11.1 Å². The molecule has 94 valence electrons. The number of aryl methyl sites for hydroxylation is 1. The first-order valence-electron chi connectivity index (χ1n) is 5.62. The number of para-hydroxylation sites is 1. The lowest BCUT2D eigenvalue weighted by atomic mass is 10.1. The largest absolute Gasteiger partial charge is 0.398 e.